The molecule has 2 fully saturated rings. The monoisotopic (exact) mass is 368 g/mol. The van der Waals surface area contributed by atoms with Crippen LogP contribution in [0, 0.1) is 0 Å². The van der Waals surface area contributed by atoms with Gasteiger partial charge in [0.1, 0.15) is 0 Å². The first kappa shape index (κ1) is 21.0. The van der Waals surface area contributed by atoms with E-state index in [4.69, 9.17) is 9.47 Å². The molecule has 7 heteroatoms. The number of nitrogens with one attached hydrogen (secondary N) is 3. The van der Waals surface area contributed by atoms with Crippen molar-refractivity contribution in [1.82, 2.24) is 16.0 Å². The third kappa shape index (κ3) is 8.85. The molecule has 2 aliphatic rings. The molecule has 1 amide bonds. The van der Waals surface area contributed by atoms with E-state index in [0.717, 1.165) is 51.2 Å². The summed E-state index contributed by atoms with van der Waals surface area (Å²) >= 11 is 0. The SMILES string of the molecule is CCNC(=NCCCOCC1CCCO1)NCCC(=O)NC1CCCC1. The fourth-order valence-electron chi connectivity index (χ4n) is 3.35. The molecule has 1 saturated carbocycles. The van der Waals surface area contributed by atoms with Crippen molar-refractivity contribution in [3.63, 3.8) is 0 Å². The van der Waals surface area contributed by atoms with Crippen molar-refractivity contribution in [3.8, 4) is 0 Å². The van der Waals surface area contributed by atoms with Gasteiger partial charge in [0.05, 0.1) is 12.7 Å². The van der Waals surface area contributed by atoms with E-state index in [-0.39, 0.29) is 12.0 Å². The largest absolute Gasteiger partial charge is 0.379 e. The van der Waals surface area contributed by atoms with Crippen molar-refractivity contribution < 1.29 is 14.3 Å². The van der Waals surface area contributed by atoms with E-state index in [9.17, 15) is 4.79 Å². The van der Waals surface area contributed by atoms with Crippen molar-refractivity contribution >= 4 is 11.9 Å². The fraction of sp³-hybridized carbons (Fsp3) is 0.895. The number of guanidine groups is 1. The lowest BCUT2D eigenvalue weighted by Gasteiger charge is -2.14. The first-order chi connectivity index (χ1) is 12.8. The molecular weight excluding hydrogens is 332 g/mol. The van der Waals surface area contributed by atoms with Gasteiger partial charge < -0.3 is 25.4 Å². The topological polar surface area (TPSA) is 84.0 Å². The summed E-state index contributed by atoms with van der Waals surface area (Å²) in [6.45, 7) is 6.40. The van der Waals surface area contributed by atoms with Crippen LogP contribution in [0.3, 0.4) is 0 Å². The summed E-state index contributed by atoms with van der Waals surface area (Å²) in [6.07, 6.45) is 8.62. The molecule has 0 aromatic carbocycles. The number of ether oxygens (including phenoxy) is 2. The minimum atomic E-state index is 0.128. The van der Waals surface area contributed by atoms with Crippen molar-refractivity contribution in [2.75, 3.05) is 39.5 Å². The van der Waals surface area contributed by atoms with E-state index in [1.807, 2.05) is 6.92 Å². The van der Waals surface area contributed by atoms with Gasteiger partial charge in [0.15, 0.2) is 5.96 Å². The smallest absolute Gasteiger partial charge is 0.221 e. The molecule has 1 saturated heterocycles. The lowest BCUT2D eigenvalue weighted by molar-refractivity contribution is -0.121. The fourth-order valence-corrected chi connectivity index (χ4v) is 3.35. The highest BCUT2D eigenvalue weighted by Crippen LogP contribution is 2.17. The summed E-state index contributed by atoms with van der Waals surface area (Å²) in [5.74, 6) is 0.892. The van der Waals surface area contributed by atoms with Gasteiger partial charge in [-0.25, -0.2) is 0 Å². The molecule has 0 aromatic heterocycles. The quantitative estimate of drug-likeness (QED) is 0.293. The van der Waals surface area contributed by atoms with Crippen LogP contribution >= 0.6 is 0 Å². The lowest BCUT2D eigenvalue weighted by atomic mass is 10.2. The van der Waals surface area contributed by atoms with E-state index in [1.165, 1.54) is 12.8 Å². The Hall–Kier alpha value is -1.34. The van der Waals surface area contributed by atoms with E-state index in [1.54, 1.807) is 0 Å². The third-order valence-corrected chi connectivity index (χ3v) is 4.75. The Morgan fingerprint density at radius 2 is 2.04 bits per heavy atom. The van der Waals surface area contributed by atoms with Gasteiger partial charge in [0.25, 0.3) is 0 Å². The number of rotatable bonds is 11. The Kier molecular flexibility index (Phi) is 10.4. The standard InChI is InChI=1S/C19H36N4O3/c1-2-20-19(21-11-6-13-25-15-17-9-5-14-26-17)22-12-10-18(24)23-16-7-3-4-8-16/h16-17H,2-15H2,1H3,(H,23,24)(H2,20,21,22). The van der Waals surface area contributed by atoms with Crippen LogP contribution in [0.1, 0.15) is 58.3 Å². The Bertz CT molecular complexity index is 419. The summed E-state index contributed by atoms with van der Waals surface area (Å²) in [4.78, 5) is 16.5. The predicted molar refractivity (Wildman–Crippen MR) is 103 cm³/mol. The second kappa shape index (κ2) is 12.9. The number of hydrogen-bond donors (Lipinski definition) is 3. The molecule has 1 unspecified atom stereocenters. The van der Waals surface area contributed by atoms with Crippen molar-refractivity contribution in [3.05, 3.63) is 0 Å². The zero-order chi connectivity index (χ0) is 18.5. The van der Waals surface area contributed by atoms with E-state index in [2.05, 4.69) is 20.9 Å². The first-order valence-electron chi connectivity index (χ1n) is 10.3. The van der Waals surface area contributed by atoms with Crippen LogP contribution in [0.4, 0.5) is 0 Å². The van der Waals surface area contributed by atoms with Crippen LogP contribution in [-0.4, -0.2) is 63.5 Å². The summed E-state index contributed by atoms with van der Waals surface area (Å²) in [5.41, 5.74) is 0. The number of carbonyl (C=O) groups excluding carboxylic acids is 1. The number of amides is 1. The van der Waals surface area contributed by atoms with E-state index in [0.29, 0.717) is 38.8 Å². The van der Waals surface area contributed by atoms with Crippen LogP contribution < -0.4 is 16.0 Å². The maximum atomic E-state index is 11.9. The number of nitrogens with zero attached hydrogens (tertiary/aromatic N) is 1. The summed E-state index contributed by atoms with van der Waals surface area (Å²) in [6, 6.07) is 0.388. The van der Waals surface area contributed by atoms with E-state index >= 15 is 0 Å². The highest BCUT2D eigenvalue weighted by atomic mass is 16.5. The van der Waals surface area contributed by atoms with Gasteiger partial charge in [-0.3, -0.25) is 9.79 Å². The molecule has 1 heterocycles. The van der Waals surface area contributed by atoms with Gasteiger partial charge in [-0.15, -0.1) is 0 Å². The highest BCUT2D eigenvalue weighted by molar-refractivity contribution is 5.81. The number of aliphatic imine (C=N–C) groups is 1. The molecule has 7 nitrogen and oxygen atoms in total. The molecule has 3 N–H and O–H groups in total. The summed E-state index contributed by atoms with van der Waals surface area (Å²) in [7, 11) is 0. The van der Waals surface area contributed by atoms with Gasteiger partial charge >= 0.3 is 0 Å². The molecule has 1 aliphatic carbocycles. The normalized spacial score (nSPS) is 21.1. The molecule has 0 bridgehead atoms. The molecule has 1 aliphatic heterocycles. The summed E-state index contributed by atoms with van der Waals surface area (Å²) in [5, 5.41) is 9.55. The van der Waals surface area contributed by atoms with Crippen molar-refractivity contribution in [2.24, 2.45) is 4.99 Å². The van der Waals surface area contributed by atoms with Gasteiger partial charge in [0.2, 0.25) is 5.91 Å². The molecule has 1 atom stereocenters. The van der Waals surface area contributed by atoms with Crippen LogP contribution in [-0.2, 0) is 14.3 Å². The average Bonchev–Trinajstić information content (AvgIpc) is 3.31. The van der Waals surface area contributed by atoms with Crippen molar-refractivity contribution in [2.45, 2.75) is 70.4 Å². The van der Waals surface area contributed by atoms with Crippen LogP contribution in [0.15, 0.2) is 4.99 Å². The maximum Gasteiger partial charge on any atom is 0.221 e. The Morgan fingerprint density at radius 1 is 1.19 bits per heavy atom. The maximum absolute atomic E-state index is 11.9. The van der Waals surface area contributed by atoms with Gasteiger partial charge in [-0.05, 0) is 39.0 Å². The molecule has 26 heavy (non-hydrogen) atoms. The second-order valence-corrected chi connectivity index (χ2v) is 7.05. The molecule has 0 radical (unpaired) electrons. The zero-order valence-corrected chi connectivity index (χ0v) is 16.2. The second-order valence-electron chi connectivity index (χ2n) is 7.05. The molecule has 150 valence electrons. The molecule has 0 aromatic rings. The van der Waals surface area contributed by atoms with Gasteiger partial charge in [-0.2, -0.15) is 0 Å². The van der Waals surface area contributed by atoms with Crippen molar-refractivity contribution in [1.29, 1.82) is 0 Å². The third-order valence-electron chi connectivity index (χ3n) is 4.75. The molecule has 2 rings (SSSR count). The Balaban J connectivity index is 1.52. The minimum absolute atomic E-state index is 0.128. The number of carbonyl (C=O) groups is 1. The predicted octanol–water partition coefficient (Wildman–Crippen LogP) is 1.58. The first-order valence-corrected chi connectivity index (χ1v) is 10.3. The van der Waals surface area contributed by atoms with E-state index < -0.39 is 0 Å². The molecule has 0 spiro atoms. The Labute approximate surface area is 157 Å². The average molecular weight is 369 g/mol. The van der Waals surface area contributed by atoms with Crippen LogP contribution in [0.2, 0.25) is 0 Å². The van der Waals surface area contributed by atoms with Gasteiger partial charge in [0, 0.05) is 45.3 Å². The zero-order valence-electron chi connectivity index (χ0n) is 16.2. The Morgan fingerprint density at radius 3 is 2.77 bits per heavy atom. The molecular formula is C19H36N4O3. The number of hydrogen-bond acceptors (Lipinski definition) is 4. The summed E-state index contributed by atoms with van der Waals surface area (Å²) < 4.78 is 11.2. The van der Waals surface area contributed by atoms with Crippen LogP contribution in [0.5, 0.6) is 0 Å². The van der Waals surface area contributed by atoms with Gasteiger partial charge in [-0.1, -0.05) is 12.8 Å². The van der Waals surface area contributed by atoms with Crippen LogP contribution in [0.25, 0.3) is 0 Å². The minimum Gasteiger partial charge on any atom is -0.379 e. The highest BCUT2D eigenvalue weighted by Gasteiger charge is 2.17. The lowest BCUT2D eigenvalue weighted by Crippen LogP contribution is -2.40.